The van der Waals surface area contributed by atoms with E-state index in [9.17, 15) is 0 Å². The van der Waals surface area contributed by atoms with Crippen LogP contribution in [0, 0.1) is 18.3 Å². The Balaban J connectivity index is 2.27. The molecule has 0 saturated carbocycles. The van der Waals surface area contributed by atoms with Gasteiger partial charge in [-0.2, -0.15) is 5.26 Å². The molecule has 1 atom stereocenters. The Hall–Kier alpha value is -2.39. The quantitative estimate of drug-likeness (QED) is 0.876. The Morgan fingerprint density at radius 2 is 2.32 bits per heavy atom. The van der Waals surface area contributed by atoms with Crippen molar-refractivity contribution in [1.29, 1.82) is 5.26 Å². The largest absolute Gasteiger partial charge is 0.467 e. The molecule has 6 heteroatoms. The molecule has 2 aromatic heterocycles. The van der Waals surface area contributed by atoms with Crippen LogP contribution in [0.2, 0.25) is 0 Å². The van der Waals surface area contributed by atoms with Gasteiger partial charge in [-0.25, -0.2) is 4.98 Å². The molecule has 2 heterocycles. The Labute approximate surface area is 110 Å². The van der Waals surface area contributed by atoms with E-state index in [0.29, 0.717) is 30.1 Å². The third-order valence-electron chi connectivity index (χ3n) is 2.59. The van der Waals surface area contributed by atoms with Gasteiger partial charge in [0.25, 0.3) is 0 Å². The summed E-state index contributed by atoms with van der Waals surface area (Å²) < 4.78 is 10.6. The second-order valence-electron chi connectivity index (χ2n) is 4.03. The summed E-state index contributed by atoms with van der Waals surface area (Å²) in [6, 6.07) is 7.21. The van der Waals surface area contributed by atoms with E-state index in [2.05, 4.69) is 16.2 Å². The highest BCUT2D eigenvalue weighted by Crippen LogP contribution is 2.24. The first-order chi connectivity index (χ1) is 9.24. The summed E-state index contributed by atoms with van der Waals surface area (Å²) >= 11 is 0. The van der Waals surface area contributed by atoms with E-state index < -0.39 is 0 Å². The van der Waals surface area contributed by atoms with Gasteiger partial charge in [-0.1, -0.05) is 5.16 Å². The summed E-state index contributed by atoms with van der Waals surface area (Å²) in [7, 11) is 0. The predicted molar refractivity (Wildman–Crippen MR) is 67.2 cm³/mol. The number of aryl methyl sites for hydroxylation is 1. The first-order valence-corrected chi connectivity index (χ1v) is 5.89. The minimum absolute atomic E-state index is 0.295. The number of nitrogens with zero attached hydrogens (tertiary/aromatic N) is 3. The maximum absolute atomic E-state index is 9.05. The van der Waals surface area contributed by atoms with E-state index in [4.69, 9.17) is 20.3 Å². The molecular weight excluding hydrogens is 244 g/mol. The fourth-order valence-corrected chi connectivity index (χ4v) is 1.65. The lowest BCUT2D eigenvalue weighted by Crippen LogP contribution is -2.15. The molecular formula is C13H14N4O2. The van der Waals surface area contributed by atoms with Crippen LogP contribution in [0.4, 0.5) is 0 Å². The number of nitriles is 1. The highest BCUT2D eigenvalue weighted by atomic mass is 16.5. The molecule has 0 amide bonds. The molecule has 0 aliphatic rings. The topological polar surface area (TPSA) is 98.0 Å². The third kappa shape index (κ3) is 3.09. The second-order valence-corrected chi connectivity index (χ2v) is 4.03. The molecule has 98 valence electrons. The fourth-order valence-electron chi connectivity index (χ4n) is 1.65. The van der Waals surface area contributed by atoms with E-state index in [1.165, 1.54) is 6.26 Å². The Kier molecular flexibility index (Phi) is 4.11. The van der Waals surface area contributed by atoms with E-state index in [1.807, 2.05) is 6.92 Å². The number of ether oxygens (including phenoxy) is 1. The van der Waals surface area contributed by atoms with Crippen molar-refractivity contribution in [3.8, 4) is 11.9 Å². The van der Waals surface area contributed by atoms with Crippen molar-refractivity contribution in [3.05, 3.63) is 41.4 Å². The van der Waals surface area contributed by atoms with Gasteiger partial charge in [0.05, 0.1) is 0 Å². The molecule has 0 spiro atoms. The minimum atomic E-state index is -0.370. The molecule has 0 saturated heterocycles. The van der Waals surface area contributed by atoms with Crippen molar-refractivity contribution in [2.24, 2.45) is 5.73 Å². The predicted octanol–water partition coefficient (Wildman–Crippen LogP) is 1.72. The van der Waals surface area contributed by atoms with Crippen molar-refractivity contribution < 1.29 is 9.26 Å². The molecule has 2 N–H and O–H groups in total. The van der Waals surface area contributed by atoms with Gasteiger partial charge in [0.2, 0.25) is 5.88 Å². The number of nitrogens with two attached hydrogens (primary N) is 1. The normalized spacial score (nSPS) is 11.8. The second kappa shape index (κ2) is 5.98. The van der Waals surface area contributed by atoms with Crippen LogP contribution in [0.1, 0.15) is 29.5 Å². The zero-order chi connectivity index (χ0) is 13.7. The number of aromatic nitrogens is 2. The van der Waals surface area contributed by atoms with Crippen molar-refractivity contribution in [3.63, 3.8) is 0 Å². The lowest BCUT2D eigenvalue weighted by atomic mass is 10.2. The van der Waals surface area contributed by atoms with Crippen LogP contribution < -0.4 is 10.5 Å². The first-order valence-electron chi connectivity index (χ1n) is 5.89. The SMILES string of the molecule is Cc1ccc(C#N)c(OC(CCN)c2ccon2)n1. The summed E-state index contributed by atoms with van der Waals surface area (Å²) in [6.45, 7) is 2.27. The number of hydrogen-bond donors (Lipinski definition) is 1. The average Bonchev–Trinajstić information content (AvgIpc) is 2.92. The van der Waals surface area contributed by atoms with Crippen molar-refractivity contribution >= 4 is 0 Å². The maximum atomic E-state index is 9.05. The molecule has 0 radical (unpaired) electrons. The standard InChI is InChI=1S/C13H14N4O2/c1-9-2-3-10(8-15)13(16-9)19-12(4-6-14)11-5-7-18-17-11/h2-3,5,7,12H,4,6,14H2,1H3. The molecule has 0 aliphatic carbocycles. The lowest BCUT2D eigenvalue weighted by molar-refractivity contribution is 0.178. The third-order valence-corrected chi connectivity index (χ3v) is 2.59. The van der Waals surface area contributed by atoms with Crippen molar-refractivity contribution in [2.45, 2.75) is 19.4 Å². The summed E-state index contributed by atoms with van der Waals surface area (Å²) in [5.74, 6) is 0.295. The van der Waals surface area contributed by atoms with Gasteiger partial charge in [0.15, 0.2) is 0 Å². The van der Waals surface area contributed by atoms with Crippen LogP contribution >= 0.6 is 0 Å². The Morgan fingerprint density at radius 3 is 2.95 bits per heavy atom. The summed E-state index contributed by atoms with van der Waals surface area (Å²) in [5.41, 5.74) is 7.37. The molecule has 2 aromatic rings. The summed E-state index contributed by atoms with van der Waals surface area (Å²) in [5, 5.41) is 12.9. The Morgan fingerprint density at radius 1 is 1.47 bits per heavy atom. The average molecular weight is 258 g/mol. The summed E-state index contributed by atoms with van der Waals surface area (Å²) in [4.78, 5) is 4.23. The molecule has 2 rings (SSSR count). The molecule has 1 unspecified atom stereocenters. The molecule has 0 fully saturated rings. The lowest BCUT2D eigenvalue weighted by Gasteiger charge is -2.16. The molecule has 0 bridgehead atoms. The van der Waals surface area contributed by atoms with Crippen LogP contribution in [-0.4, -0.2) is 16.7 Å². The van der Waals surface area contributed by atoms with Crippen LogP contribution in [0.5, 0.6) is 5.88 Å². The zero-order valence-electron chi connectivity index (χ0n) is 10.5. The number of hydrogen-bond acceptors (Lipinski definition) is 6. The summed E-state index contributed by atoms with van der Waals surface area (Å²) in [6.07, 6.45) is 1.66. The van der Waals surface area contributed by atoms with Crippen molar-refractivity contribution in [2.75, 3.05) is 6.54 Å². The molecule has 19 heavy (non-hydrogen) atoms. The number of pyridine rings is 1. The van der Waals surface area contributed by atoms with E-state index in [-0.39, 0.29) is 6.10 Å². The van der Waals surface area contributed by atoms with Gasteiger partial charge >= 0.3 is 0 Å². The van der Waals surface area contributed by atoms with E-state index in [1.54, 1.807) is 18.2 Å². The van der Waals surface area contributed by atoms with Crippen LogP contribution in [0.15, 0.2) is 29.0 Å². The monoisotopic (exact) mass is 258 g/mol. The van der Waals surface area contributed by atoms with Gasteiger partial charge in [-0.05, 0) is 25.6 Å². The molecule has 0 aromatic carbocycles. The fraction of sp³-hybridized carbons (Fsp3) is 0.308. The highest BCUT2D eigenvalue weighted by Gasteiger charge is 2.18. The van der Waals surface area contributed by atoms with Gasteiger partial charge in [0.1, 0.15) is 29.7 Å². The van der Waals surface area contributed by atoms with Gasteiger partial charge in [-0.3, -0.25) is 0 Å². The van der Waals surface area contributed by atoms with Gasteiger partial charge in [0, 0.05) is 18.2 Å². The first kappa shape index (κ1) is 13.1. The highest BCUT2D eigenvalue weighted by molar-refractivity contribution is 5.38. The van der Waals surface area contributed by atoms with Crippen LogP contribution in [0.25, 0.3) is 0 Å². The smallest absolute Gasteiger partial charge is 0.232 e. The molecule has 6 nitrogen and oxygen atoms in total. The molecule has 0 aliphatic heterocycles. The van der Waals surface area contributed by atoms with Gasteiger partial charge in [-0.15, -0.1) is 0 Å². The van der Waals surface area contributed by atoms with Crippen LogP contribution in [0.3, 0.4) is 0 Å². The van der Waals surface area contributed by atoms with Crippen molar-refractivity contribution in [1.82, 2.24) is 10.1 Å². The van der Waals surface area contributed by atoms with Crippen LogP contribution in [-0.2, 0) is 0 Å². The minimum Gasteiger partial charge on any atom is -0.467 e. The van der Waals surface area contributed by atoms with E-state index in [0.717, 1.165) is 5.69 Å². The Bertz CT molecular complexity index is 575. The number of rotatable bonds is 5. The van der Waals surface area contributed by atoms with E-state index >= 15 is 0 Å². The van der Waals surface area contributed by atoms with Gasteiger partial charge < -0.3 is 15.0 Å². The maximum Gasteiger partial charge on any atom is 0.232 e. The zero-order valence-corrected chi connectivity index (χ0v) is 10.5.